The summed E-state index contributed by atoms with van der Waals surface area (Å²) in [7, 11) is -1.26. The van der Waals surface area contributed by atoms with Crippen molar-refractivity contribution in [1.29, 1.82) is 0 Å². The molecule has 0 amide bonds. The van der Waals surface area contributed by atoms with Crippen LogP contribution in [0.1, 0.15) is 6.92 Å². The summed E-state index contributed by atoms with van der Waals surface area (Å²) in [5.74, 6) is 0. The lowest BCUT2D eigenvalue weighted by Crippen LogP contribution is -2.04. The highest BCUT2D eigenvalue weighted by molar-refractivity contribution is 9.50. The van der Waals surface area contributed by atoms with E-state index in [0.29, 0.717) is 0 Å². The molecule has 34 valence electrons. The molecule has 0 aliphatic rings. The van der Waals surface area contributed by atoms with Crippen LogP contribution in [0.4, 0.5) is 0 Å². The monoisotopic (exact) mass is 228 g/mol. The van der Waals surface area contributed by atoms with Crippen LogP contribution in [0.15, 0.2) is 0 Å². The average Bonchev–Trinajstić information content (AvgIpc) is 1.36. The standard InChI is InChI=1S/C2H3O.Al.2BrH/c1-2-3;;;/h1H3;;2*1H/q;+2;;/p-2. The molecular formula is C2H3AlBr2O. The van der Waals surface area contributed by atoms with Gasteiger partial charge in [0, 0.05) is 0 Å². The lowest BCUT2D eigenvalue weighted by Gasteiger charge is -1.77. The molecular weight excluding hydrogens is 227 g/mol. The summed E-state index contributed by atoms with van der Waals surface area (Å²) < 4.78 is 0.231. The molecule has 0 heterocycles. The number of hydrogen-bond acceptors (Lipinski definition) is 1. The van der Waals surface area contributed by atoms with Gasteiger partial charge in [0.15, 0.2) is 0 Å². The van der Waals surface area contributed by atoms with Crippen molar-refractivity contribution in [3.63, 3.8) is 0 Å². The van der Waals surface area contributed by atoms with Gasteiger partial charge in [-0.3, -0.25) is 0 Å². The minimum atomic E-state index is -1.26. The molecule has 0 bridgehead atoms. The average molecular weight is 230 g/mol. The topological polar surface area (TPSA) is 17.1 Å². The van der Waals surface area contributed by atoms with E-state index in [2.05, 4.69) is 28.1 Å². The lowest BCUT2D eigenvalue weighted by atomic mass is 10.9. The van der Waals surface area contributed by atoms with Gasteiger partial charge in [-0.2, -0.15) is 28.1 Å². The molecule has 6 heavy (non-hydrogen) atoms. The van der Waals surface area contributed by atoms with Crippen LogP contribution in [0.5, 0.6) is 0 Å². The Hall–Kier alpha value is 1.16. The first kappa shape index (κ1) is 7.16. The van der Waals surface area contributed by atoms with E-state index in [1.54, 1.807) is 6.92 Å². The molecule has 0 aromatic heterocycles. The van der Waals surface area contributed by atoms with Crippen molar-refractivity contribution in [3.05, 3.63) is 0 Å². The maximum absolute atomic E-state index is 10.1. The Morgan fingerprint density at radius 2 is 1.83 bits per heavy atom. The van der Waals surface area contributed by atoms with E-state index in [-0.39, 0.29) is 4.65 Å². The van der Waals surface area contributed by atoms with E-state index < -0.39 is 10.5 Å². The number of hydrogen-bond donors (Lipinski definition) is 0. The third-order valence-corrected chi connectivity index (χ3v) is 4.79. The first-order valence-electron chi connectivity index (χ1n) is 1.43. The summed E-state index contributed by atoms with van der Waals surface area (Å²) in [5.41, 5.74) is 0. The SMILES string of the molecule is C[C](=O)[Al]([Br])[Br]. The highest BCUT2D eigenvalue weighted by Gasteiger charge is 2.13. The zero-order chi connectivity index (χ0) is 5.15. The summed E-state index contributed by atoms with van der Waals surface area (Å²) in [6, 6.07) is 0. The summed E-state index contributed by atoms with van der Waals surface area (Å²) in [4.78, 5) is 10.1. The first-order valence-corrected chi connectivity index (χ1v) is 8.37. The third-order valence-electron chi connectivity index (χ3n) is 0.307. The van der Waals surface area contributed by atoms with Crippen LogP contribution in [0, 0.1) is 0 Å². The molecule has 0 aliphatic heterocycles. The molecule has 0 rings (SSSR count). The van der Waals surface area contributed by atoms with Crippen LogP contribution >= 0.6 is 28.1 Å². The van der Waals surface area contributed by atoms with Crippen LogP contribution in [0.3, 0.4) is 0 Å². The lowest BCUT2D eigenvalue weighted by molar-refractivity contribution is -0.110. The van der Waals surface area contributed by atoms with Crippen LogP contribution in [0.2, 0.25) is 0 Å². The first-order chi connectivity index (χ1) is 2.64. The van der Waals surface area contributed by atoms with Gasteiger partial charge >= 0.3 is 10.5 Å². The van der Waals surface area contributed by atoms with E-state index >= 15 is 0 Å². The maximum atomic E-state index is 10.1. The Bertz CT molecular complexity index is 62.6. The predicted octanol–water partition coefficient (Wildman–Crippen LogP) is 1.39. The zero-order valence-corrected chi connectivity index (χ0v) is 7.57. The van der Waals surface area contributed by atoms with Crippen molar-refractivity contribution in [3.8, 4) is 0 Å². The van der Waals surface area contributed by atoms with Gasteiger partial charge in [-0.15, -0.1) is 0 Å². The van der Waals surface area contributed by atoms with Crippen molar-refractivity contribution < 1.29 is 4.79 Å². The molecule has 0 aliphatic carbocycles. The van der Waals surface area contributed by atoms with E-state index in [1.807, 2.05) is 0 Å². The Labute approximate surface area is 54.8 Å². The summed E-state index contributed by atoms with van der Waals surface area (Å²) in [6.07, 6.45) is 0. The Kier molecular flexibility index (Phi) is 3.82. The summed E-state index contributed by atoms with van der Waals surface area (Å²) >= 11 is 6.29. The van der Waals surface area contributed by atoms with Gasteiger partial charge in [-0.25, -0.2) is 0 Å². The molecule has 0 spiro atoms. The highest BCUT2D eigenvalue weighted by atomic mass is 79.9. The molecule has 4 heteroatoms. The van der Waals surface area contributed by atoms with E-state index in [9.17, 15) is 4.79 Å². The van der Waals surface area contributed by atoms with Gasteiger partial charge in [-0.1, -0.05) is 0 Å². The number of carbonyl (C=O) groups is 1. The van der Waals surface area contributed by atoms with Crippen molar-refractivity contribution in [1.82, 2.24) is 0 Å². The van der Waals surface area contributed by atoms with Gasteiger partial charge in [0.2, 0.25) is 0 Å². The molecule has 0 N–H and O–H groups in total. The van der Waals surface area contributed by atoms with Crippen molar-refractivity contribution in [2.45, 2.75) is 6.92 Å². The van der Waals surface area contributed by atoms with Crippen molar-refractivity contribution >= 4 is 43.2 Å². The van der Waals surface area contributed by atoms with Gasteiger partial charge in [0.1, 0.15) is 0 Å². The second-order valence-corrected chi connectivity index (χ2v) is 11.5. The fourth-order valence-corrected chi connectivity index (χ4v) is 0. The molecule has 0 aromatic rings. The number of carbonyl (C=O) groups excluding carboxylic acids is 1. The Morgan fingerprint density at radius 3 is 1.83 bits per heavy atom. The largest absolute Gasteiger partial charge is 0.540 e. The van der Waals surface area contributed by atoms with Crippen LogP contribution in [0.25, 0.3) is 0 Å². The van der Waals surface area contributed by atoms with E-state index in [4.69, 9.17) is 0 Å². The van der Waals surface area contributed by atoms with E-state index in [1.165, 1.54) is 0 Å². The highest BCUT2D eigenvalue weighted by Crippen LogP contribution is 2.01. The zero-order valence-electron chi connectivity index (χ0n) is 3.24. The minimum Gasteiger partial charge on any atom is -0.318 e. The predicted molar refractivity (Wildman–Crippen MR) is 34.3 cm³/mol. The summed E-state index contributed by atoms with van der Waals surface area (Å²) in [5, 5.41) is 0. The second kappa shape index (κ2) is 3.20. The molecule has 0 saturated heterocycles. The maximum Gasteiger partial charge on any atom is 0.540 e. The molecule has 0 radical (unpaired) electrons. The molecule has 0 unspecified atom stereocenters. The molecule has 0 aromatic carbocycles. The fourth-order valence-electron chi connectivity index (χ4n) is 0. The number of halogens is 2. The molecule has 0 fully saturated rings. The quantitative estimate of drug-likeness (QED) is 0.622. The van der Waals surface area contributed by atoms with Gasteiger partial charge < -0.3 is 4.79 Å². The van der Waals surface area contributed by atoms with Gasteiger partial charge in [-0.05, 0) is 6.92 Å². The van der Waals surface area contributed by atoms with Gasteiger partial charge in [0.05, 0.1) is 4.65 Å². The number of rotatable bonds is 1. The van der Waals surface area contributed by atoms with Crippen LogP contribution in [-0.2, 0) is 4.79 Å². The molecule has 0 saturated carbocycles. The summed E-state index contributed by atoms with van der Waals surface area (Å²) in [6.45, 7) is 1.57. The molecule has 1 nitrogen and oxygen atoms in total. The van der Waals surface area contributed by atoms with Crippen molar-refractivity contribution in [2.24, 2.45) is 0 Å². The fraction of sp³-hybridized carbons (Fsp3) is 0.500. The molecule has 0 atom stereocenters. The Balaban J connectivity index is 3.26. The van der Waals surface area contributed by atoms with Crippen LogP contribution in [-0.4, -0.2) is 15.1 Å². The van der Waals surface area contributed by atoms with E-state index in [0.717, 1.165) is 0 Å². The Morgan fingerprint density at radius 1 is 1.67 bits per heavy atom. The van der Waals surface area contributed by atoms with Crippen molar-refractivity contribution in [2.75, 3.05) is 0 Å². The normalized spacial score (nSPS) is 7.83. The minimum absolute atomic E-state index is 0.231. The smallest absolute Gasteiger partial charge is 0.318 e. The second-order valence-electron chi connectivity index (χ2n) is 0.911. The van der Waals surface area contributed by atoms with Gasteiger partial charge in [0.25, 0.3) is 0 Å². The van der Waals surface area contributed by atoms with Crippen LogP contribution < -0.4 is 0 Å². The third kappa shape index (κ3) is 3.36.